The van der Waals surface area contributed by atoms with E-state index in [1.807, 2.05) is 0 Å². The lowest BCUT2D eigenvalue weighted by atomic mass is 10.1. The molecule has 1 rings (SSSR count). The summed E-state index contributed by atoms with van der Waals surface area (Å²) in [5.41, 5.74) is -0.340. The monoisotopic (exact) mass is 225 g/mol. The highest BCUT2D eigenvalue weighted by Crippen LogP contribution is 2.39. The molecule has 72 valence electrons. The number of nitrogens with zero attached hydrogens (tertiary/aromatic N) is 1. The molecule has 0 N–H and O–H groups in total. The van der Waals surface area contributed by atoms with Crippen molar-refractivity contribution in [1.29, 1.82) is 0 Å². The summed E-state index contributed by atoms with van der Waals surface area (Å²) in [6.07, 6.45) is 1.98. The molecular weight excluding hydrogens is 219 g/mol. The van der Waals surface area contributed by atoms with Gasteiger partial charge in [-0.25, -0.2) is 8.78 Å². The van der Waals surface area contributed by atoms with E-state index in [2.05, 4.69) is 4.98 Å². The van der Waals surface area contributed by atoms with Gasteiger partial charge >= 0.3 is 0 Å². The zero-order valence-electron chi connectivity index (χ0n) is 6.82. The third kappa shape index (κ3) is 2.09. The Hall–Kier alpha value is -0.410. The third-order valence-electron chi connectivity index (χ3n) is 1.66. The van der Waals surface area contributed by atoms with Crippen LogP contribution in [0.4, 0.5) is 8.78 Å². The van der Waals surface area contributed by atoms with Gasteiger partial charge in [-0.05, 0) is 0 Å². The fraction of sp³-hybridized carbons (Fsp3) is 0.375. The summed E-state index contributed by atoms with van der Waals surface area (Å²) in [4.78, 5) is 3.60. The van der Waals surface area contributed by atoms with Gasteiger partial charge in [-0.15, -0.1) is 0 Å². The Morgan fingerprint density at radius 1 is 1.31 bits per heavy atom. The highest BCUT2D eigenvalue weighted by atomic mass is 35.5. The number of pyridine rings is 1. The average molecular weight is 226 g/mol. The highest BCUT2D eigenvalue weighted by molar-refractivity contribution is 6.35. The van der Waals surface area contributed by atoms with E-state index in [0.29, 0.717) is 0 Å². The Balaban J connectivity index is 3.28. The molecule has 0 aliphatic heterocycles. The summed E-state index contributed by atoms with van der Waals surface area (Å²) in [7, 11) is 0. The van der Waals surface area contributed by atoms with E-state index in [1.165, 1.54) is 6.92 Å². The van der Waals surface area contributed by atoms with Crippen LogP contribution >= 0.6 is 23.2 Å². The van der Waals surface area contributed by atoms with Crippen LogP contribution in [0.2, 0.25) is 10.0 Å². The van der Waals surface area contributed by atoms with Crippen LogP contribution in [0.3, 0.4) is 0 Å². The van der Waals surface area contributed by atoms with Crippen molar-refractivity contribution < 1.29 is 8.78 Å². The smallest absolute Gasteiger partial charge is 0.262 e. The van der Waals surface area contributed by atoms with Crippen LogP contribution in [0.15, 0.2) is 12.4 Å². The molecule has 0 spiro atoms. The van der Waals surface area contributed by atoms with Gasteiger partial charge in [0.1, 0.15) is 0 Å². The molecule has 0 radical (unpaired) electrons. The first-order valence-corrected chi connectivity index (χ1v) is 4.42. The molecule has 1 aromatic heterocycles. The molecule has 0 aliphatic rings. The molecule has 1 heterocycles. The van der Waals surface area contributed by atoms with Crippen molar-refractivity contribution in [3.63, 3.8) is 0 Å². The van der Waals surface area contributed by atoms with Gasteiger partial charge in [-0.1, -0.05) is 30.1 Å². The normalized spacial score (nSPS) is 11.8. The molecule has 1 nitrogen and oxygen atoms in total. The van der Waals surface area contributed by atoms with Crippen molar-refractivity contribution in [2.24, 2.45) is 0 Å². The SMILES string of the molecule is CCC(F)(F)c1c(Cl)cncc1Cl. The lowest BCUT2D eigenvalue weighted by Gasteiger charge is -2.16. The first kappa shape index (κ1) is 10.7. The molecule has 0 aliphatic carbocycles. The van der Waals surface area contributed by atoms with Gasteiger partial charge in [0.05, 0.1) is 15.6 Å². The van der Waals surface area contributed by atoms with E-state index in [4.69, 9.17) is 23.2 Å². The van der Waals surface area contributed by atoms with E-state index in [1.54, 1.807) is 0 Å². The number of halogens is 4. The van der Waals surface area contributed by atoms with Crippen molar-refractivity contribution in [3.8, 4) is 0 Å². The second-order valence-corrected chi connectivity index (χ2v) is 3.35. The van der Waals surface area contributed by atoms with Gasteiger partial charge in [0.2, 0.25) is 0 Å². The number of alkyl halides is 2. The van der Waals surface area contributed by atoms with E-state index in [-0.39, 0.29) is 22.0 Å². The van der Waals surface area contributed by atoms with Crippen molar-refractivity contribution in [2.75, 3.05) is 0 Å². The summed E-state index contributed by atoms with van der Waals surface area (Å²) in [6, 6.07) is 0. The first-order valence-electron chi connectivity index (χ1n) is 3.66. The summed E-state index contributed by atoms with van der Waals surface area (Å²) in [5, 5.41) is -0.196. The van der Waals surface area contributed by atoms with Crippen molar-refractivity contribution in [1.82, 2.24) is 4.98 Å². The van der Waals surface area contributed by atoms with Gasteiger partial charge < -0.3 is 0 Å². The minimum absolute atomic E-state index is 0.0978. The predicted octanol–water partition coefficient (Wildman–Crippen LogP) is 3.89. The highest BCUT2D eigenvalue weighted by Gasteiger charge is 2.33. The predicted molar refractivity (Wildman–Crippen MR) is 48.4 cm³/mol. The van der Waals surface area contributed by atoms with Crippen LogP contribution in [0, 0.1) is 0 Å². The zero-order valence-corrected chi connectivity index (χ0v) is 8.33. The van der Waals surface area contributed by atoms with Gasteiger partial charge in [-0.3, -0.25) is 4.98 Å². The molecule has 0 unspecified atom stereocenters. The van der Waals surface area contributed by atoms with E-state index >= 15 is 0 Å². The molecule has 0 amide bonds. The fourth-order valence-corrected chi connectivity index (χ4v) is 1.58. The molecule has 1 aromatic rings. The minimum atomic E-state index is -2.99. The topological polar surface area (TPSA) is 12.9 Å². The Bertz CT molecular complexity index is 295. The summed E-state index contributed by atoms with van der Waals surface area (Å²) < 4.78 is 26.4. The molecular formula is C8H7Cl2F2N. The number of rotatable bonds is 2. The second-order valence-electron chi connectivity index (χ2n) is 2.54. The molecule has 0 fully saturated rings. The van der Waals surface area contributed by atoms with Crippen LogP contribution in [0.25, 0.3) is 0 Å². The Morgan fingerprint density at radius 3 is 2.15 bits per heavy atom. The Labute approximate surface area is 84.7 Å². The minimum Gasteiger partial charge on any atom is -0.262 e. The molecule has 0 bridgehead atoms. The number of hydrogen-bond donors (Lipinski definition) is 0. The summed E-state index contributed by atoms with van der Waals surface area (Å²) in [6.45, 7) is 1.37. The largest absolute Gasteiger partial charge is 0.275 e. The molecule has 0 saturated heterocycles. The number of aromatic nitrogens is 1. The van der Waals surface area contributed by atoms with Gasteiger partial charge in [0, 0.05) is 18.8 Å². The molecule has 5 heteroatoms. The average Bonchev–Trinajstić information content (AvgIpc) is 2.03. The van der Waals surface area contributed by atoms with Crippen LogP contribution in [0.5, 0.6) is 0 Å². The van der Waals surface area contributed by atoms with Crippen LogP contribution in [-0.4, -0.2) is 4.98 Å². The van der Waals surface area contributed by atoms with E-state index in [9.17, 15) is 8.78 Å². The second kappa shape index (κ2) is 3.76. The summed E-state index contributed by atoms with van der Waals surface area (Å²) in [5.74, 6) is -2.99. The maximum atomic E-state index is 13.2. The van der Waals surface area contributed by atoms with Crippen molar-refractivity contribution in [3.05, 3.63) is 28.0 Å². The van der Waals surface area contributed by atoms with Crippen LogP contribution in [-0.2, 0) is 5.92 Å². The third-order valence-corrected chi connectivity index (χ3v) is 2.24. The molecule has 0 saturated carbocycles. The maximum Gasteiger partial charge on any atom is 0.275 e. The fourth-order valence-electron chi connectivity index (χ4n) is 0.938. The first-order chi connectivity index (χ1) is 5.99. The Kier molecular flexibility index (Phi) is 3.09. The zero-order chi connectivity index (χ0) is 10.1. The van der Waals surface area contributed by atoms with Crippen LogP contribution < -0.4 is 0 Å². The Morgan fingerprint density at radius 2 is 1.77 bits per heavy atom. The standard InChI is InChI=1S/C8H7Cl2F2N/c1-2-8(11,12)7-5(9)3-13-4-6(7)10/h3-4H,2H2,1H3. The summed E-state index contributed by atoms with van der Waals surface area (Å²) >= 11 is 11.1. The lowest BCUT2D eigenvalue weighted by molar-refractivity contribution is -0.00813. The van der Waals surface area contributed by atoms with E-state index < -0.39 is 5.92 Å². The van der Waals surface area contributed by atoms with Crippen molar-refractivity contribution >= 4 is 23.2 Å². The van der Waals surface area contributed by atoms with E-state index in [0.717, 1.165) is 12.4 Å². The maximum absolute atomic E-state index is 13.2. The van der Waals surface area contributed by atoms with Gasteiger partial charge in [0.15, 0.2) is 0 Å². The van der Waals surface area contributed by atoms with Crippen LogP contribution in [0.1, 0.15) is 18.9 Å². The van der Waals surface area contributed by atoms with Gasteiger partial charge in [-0.2, -0.15) is 0 Å². The van der Waals surface area contributed by atoms with Crippen molar-refractivity contribution in [2.45, 2.75) is 19.3 Å². The lowest BCUT2D eigenvalue weighted by Crippen LogP contribution is -2.13. The molecule has 0 atom stereocenters. The molecule has 0 aromatic carbocycles. The number of hydrogen-bond acceptors (Lipinski definition) is 1. The molecule has 13 heavy (non-hydrogen) atoms. The quantitative estimate of drug-likeness (QED) is 0.745. The van der Waals surface area contributed by atoms with Gasteiger partial charge in [0.25, 0.3) is 5.92 Å².